The molecule has 1 atom stereocenters. The van der Waals surface area contributed by atoms with Crippen molar-refractivity contribution < 1.29 is 14.3 Å². The Balaban J connectivity index is 5.10. The van der Waals surface area contributed by atoms with Crippen molar-refractivity contribution in [1.82, 2.24) is 0 Å². The van der Waals surface area contributed by atoms with Crippen LogP contribution in [0.3, 0.4) is 0 Å². The maximum atomic E-state index is 13.9. The molecule has 0 aromatic heterocycles. The van der Waals surface area contributed by atoms with Gasteiger partial charge in [0.2, 0.25) is 0 Å². The highest BCUT2D eigenvalue weighted by Crippen LogP contribution is 2.39. The summed E-state index contributed by atoms with van der Waals surface area (Å²) in [5.41, 5.74) is 2.14. The number of nitrogens with two attached hydrogens (primary N) is 1. The molecule has 0 aliphatic carbocycles. The minimum Gasteiger partial charge on any atom is -0.481 e. The zero-order chi connectivity index (χ0) is 11.6. The van der Waals surface area contributed by atoms with E-state index >= 15 is 0 Å². The third-order valence-electron chi connectivity index (χ3n) is 2.65. The molecule has 0 rings (SSSR count). The number of hydrogen-bond acceptors (Lipinski definition) is 2. The Labute approximate surface area is 84.5 Å². The minimum absolute atomic E-state index is 0.102. The Morgan fingerprint density at radius 1 is 1.50 bits per heavy atom. The second kappa shape index (κ2) is 4.26. The van der Waals surface area contributed by atoms with E-state index in [1.165, 1.54) is 13.8 Å². The molecule has 0 saturated heterocycles. The van der Waals surface area contributed by atoms with Gasteiger partial charge in [-0.3, -0.25) is 4.79 Å². The van der Waals surface area contributed by atoms with Gasteiger partial charge in [0.15, 0.2) is 0 Å². The van der Waals surface area contributed by atoms with Gasteiger partial charge in [-0.25, -0.2) is 4.39 Å². The van der Waals surface area contributed by atoms with Crippen LogP contribution >= 0.6 is 0 Å². The highest BCUT2D eigenvalue weighted by atomic mass is 19.1. The summed E-state index contributed by atoms with van der Waals surface area (Å²) in [6.45, 7) is 6.09. The van der Waals surface area contributed by atoms with Gasteiger partial charge in [0.05, 0.1) is 0 Å². The zero-order valence-corrected chi connectivity index (χ0v) is 9.30. The van der Waals surface area contributed by atoms with Gasteiger partial charge < -0.3 is 10.8 Å². The first-order valence-corrected chi connectivity index (χ1v) is 4.80. The van der Waals surface area contributed by atoms with Crippen LogP contribution in [-0.4, -0.2) is 23.3 Å². The number of alkyl halides is 1. The summed E-state index contributed by atoms with van der Waals surface area (Å²) in [7, 11) is 0. The fraction of sp³-hybridized carbons (Fsp3) is 0.900. The molecule has 0 aliphatic rings. The number of carboxylic acids is 1. The number of carboxylic acid groups (broad SMARTS) is 1. The van der Waals surface area contributed by atoms with Gasteiger partial charge in [0, 0.05) is 6.54 Å². The first kappa shape index (κ1) is 13.4. The summed E-state index contributed by atoms with van der Waals surface area (Å²) >= 11 is 0. The molecule has 0 bridgehead atoms. The third kappa shape index (κ3) is 2.44. The monoisotopic (exact) mass is 205 g/mol. The first-order chi connectivity index (χ1) is 6.17. The van der Waals surface area contributed by atoms with Gasteiger partial charge in [-0.15, -0.1) is 0 Å². The zero-order valence-electron chi connectivity index (χ0n) is 9.30. The van der Waals surface area contributed by atoms with Gasteiger partial charge >= 0.3 is 5.97 Å². The molecule has 3 N–H and O–H groups in total. The van der Waals surface area contributed by atoms with Crippen molar-refractivity contribution in [2.45, 2.75) is 39.8 Å². The molecule has 0 saturated carbocycles. The summed E-state index contributed by atoms with van der Waals surface area (Å²) in [5, 5.41) is 9.09. The second-order valence-corrected chi connectivity index (χ2v) is 4.66. The van der Waals surface area contributed by atoms with Crippen molar-refractivity contribution in [2.24, 2.45) is 17.1 Å². The van der Waals surface area contributed by atoms with Crippen molar-refractivity contribution in [3.8, 4) is 0 Å². The van der Waals surface area contributed by atoms with Crippen LogP contribution in [0.1, 0.15) is 34.1 Å². The van der Waals surface area contributed by atoms with Crippen LogP contribution in [0.15, 0.2) is 0 Å². The standard InChI is InChI=1S/C10H20FNO2/c1-7(2)5-10(6-12,8(13)14)9(3,4)11/h7H,5-6,12H2,1-4H3,(H,13,14). The maximum absolute atomic E-state index is 13.9. The molecule has 0 aliphatic heterocycles. The van der Waals surface area contributed by atoms with Gasteiger partial charge in [0.1, 0.15) is 11.1 Å². The molecule has 84 valence electrons. The molecule has 0 aromatic rings. The maximum Gasteiger partial charge on any atom is 0.314 e. The highest BCUT2D eigenvalue weighted by molar-refractivity contribution is 5.76. The van der Waals surface area contributed by atoms with Crippen LogP contribution in [0.4, 0.5) is 4.39 Å². The van der Waals surface area contributed by atoms with E-state index in [1.807, 2.05) is 13.8 Å². The Morgan fingerprint density at radius 2 is 1.93 bits per heavy atom. The average Bonchev–Trinajstić information content (AvgIpc) is 1.96. The molecule has 14 heavy (non-hydrogen) atoms. The van der Waals surface area contributed by atoms with E-state index in [9.17, 15) is 9.18 Å². The lowest BCUT2D eigenvalue weighted by Gasteiger charge is -2.38. The highest BCUT2D eigenvalue weighted by Gasteiger charge is 2.51. The van der Waals surface area contributed by atoms with Crippen LogP contribution in [0.25, 0.3) is 0 Å². The minimum atomic E-state index is -1.81. The van der Waals surface area contributed by atoms with Crippen LogP contribution in [0, 0.1) is 11.3 Å². The summed E-state index contributed by atoms with van der Waals surface area (Å²) in [6.07, 6.45) is 0.252. The molecule has 0 radical (unpaired) electrons. The van der Waals surface area contributed by atoms with Gasteiger partial charge in [-0.2, -0.15) is 0 Å². The van der Waals surface area contributed by atoms with E-state index < -0.39 is 17.1 Å². The van der Waals surface area contributed by atoms with Crippen LogP contribution < -0.4 is 5.73 Å². The lowest BCUT2D eigenvalue weighted by molar-refractivity contribution is -0.159. The molecule has 0 aromatic carbocycles. The van der Waals surface area contributed by atoms with E-state index in [-0.39, 0.29) is 18.9 Å². The van der Waals surface area contributed by atoms with Gasteiger partial charge in [0.25, 0.3) is 0 Å². The molecule has 4 heteroatoms. The van der Waals surface area contributed by atoms with Crippen molar-refractivity contribution in [1.29, 1.82) is 0 Å². The molecular formula is C10H20FNO2. The van der Waals surface area contributed by atoms with E-state index in [2.05, 4.69) is 0 Å². The van der Waals surface area contributed by atoms with Crippen LogP contribution in [0.2, 0.25) is 0 Å². The number of carbonyl (C=O) groups is 1. The number of hydrogen-bond donors (Lipinski definition) is 2. The largest absolute Gasteiger partial charge is 0.481 e. The first-order valence-electron chi connectivity index (χ1n) is 4.80. The van der Waals surface area contributed by atoms with Crippen LogP contribution in [0.5, 0.6) is 0 Å². The number of rotatable bonds is 5. The third-order valence-corrected chi connectivity index (χ3v) is 2.65. The Hall–Kier alpha value is -0.640. The van der Waals surface area contributed by atoms with E-state index in [4.69, 9.17) is 10.8 Å². The molecule has 0 amide bonds. The lowest BCUT2D eigenvalue weighted by atomic mass is 9.70. The Bertz CT molecular complexity index is 211. The van der Waals surface area contributed by atoms with Crippen molar-refractivity contribution in [3.05, 3.63) is 0 Å². The number of halogens is 1. The summed E-state index contributed by atoms with van der Waals surface area (Å²) in [5.74, 6) is -1.05. The fourth-order valence-corrected chi connectivity index (χ4v) is 1.69. The molecule has 0 fully saturated rings. The quantitative estimate of drug-likeness (QED) is 0.719. The summed E-state index contributed by atoms with van der Waals surface area (Å²) in [6, 6.07) is 0. The van der Waals surface area contributed by atoms with Gasteiger partial charge in [-0.05, 0) is 26.2 Å². The van der Waals surface area contributed by atoms with E-state index in [0.29, 0.717) is 0 Å². The Kier molecular flexibility index (Phi) is 4.06. The average molecular weight is 205 g/mol. The van der Waals surface area contributed by atoms with Gasteiger partial charge in [-0.1, -0.05) is 13.8 Å². The van der Waals surface area contributed by atoms with Crippen molar-refractivity contribution >= 4 is 5.97 Å². The smallest absolute Gasteiger partial charge is 0.314 e. The SMILES string of the molecule is CC(C)CC(CN)(C(=O)O)C(C)(C)F. The normalized spacial score (nSPS) is 16.8. The van der Waals surface area contributed by atoms with Crippen molar-refractivity contribution in [3.63, 3.8) is 0 Å². The van der Waals surface area contributed by atoms with Crippen molar-refractivity contribution in [2.75, 3.05) is 6.54 Å². The molecular weight excluding hydrogens is 185 g/mol. The predicted octanol–water partition coefficient (Wildman–Crippen LogP) is 1.81. The molecule has 3 nitrogen and oxygen atoms in total. The van der Waals surface area contributed by atoms with Crippen LogP contribution in [-0.2, 0) is 4.79 Å². The summed E-state index contributed by atoms with van der Waals surface area (Å²) < 4.78 is 13.9. The molecule has 0 heterocycles. The molecule has 1 unspecified atom stereocenters. The lowest BCUT2D eigenvalue weighted by Crippen LogP contribution is -2.52. The fourth-order valence-electron chi connectivity index (χ4n) is 1.69. The topological polar surface area (TPSA) is 63.3 Å². The number of aliphatic carboxylic acids is 1. The van der Waals surface area contributed by atoms with E-state index in [0.717, 1.165) is 0 Å². The molecule has 0 spiro atoms. The second-order valence-electron chi connectivity index (χ2n) is 4.66. The predicted molar refractivity (Wildman–Crippen MR) is 53.8 cm³/mol. The summed E-state index contributed by atoms with van der Waals surface area (Å²) in [4.78, 5) is 11.1. The Morgan fingerprint density at radius 3 is 2.00 bits per heavy atom. The van der Waals surface area contributed by atoms with E-state index in [1.54, 1.807) is 0 Å².